The van der Waals surface area contributed by atoms with Crippen LogP contribution in [0.15, 0.2) is 18.2 Å². The molecule has 2 aliphatic carbocycles. The lowest BCUT2D eigenvalue weighted by atomic mass is 10.1. The normalized spacial score (nSPS) is 26.8. The maximum atomic E-state index is 12.2. The highest BCUT2D eigenvalue weighted by Crippen LogP contribution is 2.57. The molecule has 5 nitrogen and oxygen atoms in total. The second-order valence-electron chi connectivity index (χ2n) is 5.49. The van der Waals surface area contributed by atoms with E-state index in [0.717, 1.165) is 12.8 Å². The smallest absolute Gasteiger partial charge is 0.337 e. The molecule has 1 amide bonds. The summed E-state index contributed by atoms with van der Waals surface area (Å²) in [6, 6.07) is 4.65. The van der Waals surface area contributed by atoms with Gasteiger partial charge in [0, 0.05) is 5.92 Å². The van der Waals surface area contributed by atoms with Gasteiger partial charge in [0.1, 0.15) is 5.75 Å². The lowest BCUT2D eigenvalue weighted by molar-refractivity contribution is -0.118. The number of hydrogen-bond acceptors (Lipinski definition) is 3. The van der Waals surface area contributed by atoms with Crippen molar-refractivity contribution in [3.63, 3.8) is 0 Å². The second-order valence-corrected chi connectivity index (χ2v) is 5.49. The number of ether oxygens (including phenoxy) is 1. The number of carbonyl (C=O) groups excluding carboxylic acids is 1. The molecule has 20 heavy (non-hydrogen) atoms. The zero-order valence-corrected chi connectivity index (χ0v) is 11.3. The average Bonchev–Trinajstić information content (AvgIpc) is 2.92. The summed E-state index contributed by atoms with van der Waals surface area (Å²) in [5.74, 6) is 0.446. The summed E-state index contributed by atoms with van der Waals surface area (Å²) in [5.41, 5.74) is 0.400. The van der Waals surface area contributed by atoms with Crippen LogP contribution < -0.4 is 10.1 Å². The van der Waals surface area contributed by atoms with Crippen LogP contribution in [0, 0.1) is 17.8 Å². The van der Waals surface area contributed by atoms with Gasteiger partial charge in [-0.3, -0.25) is 4.79 Å². The van der Waals surface area contributed by atoms with Crippen LogP contribution in [0.25, 0.3) is 0 Å². The first-order chi connectivity index (χ1) is 9.61. The van der Waals surface area contributed by atoms with Crippen LogP contribution in [-0.4, -0.2) is 24.1 Å². The van der Waals surface area contributed by atoms with Gasteiger partial charge in [-0.25, -0.2) is 4.79 Å². The predicted molar refractivity (Wildman–Crippen MR) is 72.9 cm³/mol. The number of amides is 1. The maximum Gasteiger partial charge on any atom is 0.337 e. The zero-order valence-electron chi connectivity index (χ0n) is 11.3. The van der Waals surface area contributed by atoms with Gasteiger partial charge in [0.05, 0.1) is 18.4 Å². The number of carboxylic acid groups (broad SMARTS) is 1. The summed E-state index contributed by atoms with van der Waals surface area (Å²) in [6.07, 6.45) is 3.45. The lowest BCUT2D eigenvalue weighted by Gasteiger charge is -2.11. The van der Waals surface area contributed by atoms with Crippen LogP contribution >= 0.6 is 0 Å². The lowest BCUT2D eigenvalue weighted by Crippen LogP contribution is -2.18. The molecular formula is C15H17NO4. The highest BCUT2D eigenvalue weighted by Gasteiger charge is 2.56. The third kappa shape index (κ3) is 2.13. The average molecular weight is 275 g/mol. The van der Waals surface area contributed by atoms with E-state index in [9.17, 15) is 14.7 Å². The molecule has 2 unspecified atom stereocenters. The Kier molecular flexibility index (Phi) is 3.12. The summed E-state index contributed by atoms with van der Waals surface area (Å²) in [4.78, 5) is 23.4. The Balaban J connectivity index is 1.76. The Morgan fingerprint density at radius 1 is 1.30 bits per heavy atom. The summed E-state index contributed by atoms with van der Waals surface area (Å²) >= 11 is 0. The SMILES string of the molecule is COc1ccc(NC(=O)C2C3CCCC32)c(C(=O)O)c1. The van der Waals surface area contributed by atoms with Crippen LogP contribution in [0.1, 0.15) is 29.6 Å². The number of carbonyl (C=O) groups is 2. The number of hydrogen-bond donors (Lipinski definition) is 2. The number of rotatable bonds is 4. The molecule has 1 aromatic rings. The van der Waals surface area contributed by atoms with E-state index in [4.69, 9.17) is 4.74 Å². The summed E-state index contributed by atoms with van der Waals surface area (Å²) in [5, 5.41) is 12.0. The molecule has 2 saturated carbocycles. The number of methoxy groups -OCH3 is 1. The van der Waals surface area contributed by atoms with Gasteiger partial charge >= 0.3 is 5.97 Å². The first-order valence-electron chi connectivity index (χ1n) is 6.84. The van der Waals surface area contributed by atoms with E-state index < -0.39 is 5.97 Å². The Labute approximate surface area is 116 Å². The zero-order chi connectivity index (χ0) is 14.3. The van der Waals surface area contributed by atoms with Crippen molar-refractivity contribution in [1.82, 2.24) is 0 Å². The number of benzene rings is 1. The fourth-order valence-electron chi connectivity index (χ4n) is 3.36. The van der Waals surface area contributed by atoms with Gasteiger partial charge in [0.2, 0.25) is 5.91 Å². The molecule has 2 atom stereocenters. The van der Waals surface area contributed by atoms with Gasteiger partial charge in [-0.1, -0.05) is 6.42 Å². The molecule has 3 rings (SSSR count). The maximum absolute atomic E-state index is 12.2. The highest BCUT2D eigenvalue weighted by atomic mass is 16.5. The topological polar surface area (TPSA) is 75.6 Å². The molecule has 0 bridgehead atoms. The van der Waals surface area contributed by atoms with Crippen LogP contribution in [0.3, 0.4) is 0 Å². The molecule has 0 aromatic heterocycles. The van der Waals surface area contributed by atoms with Crippen molar-refractivity contribution >= 4 is 17.6 Å². The molecule has 2 aliphatic rings. The van der Waals surface area contributed by atoms with Crippen molar-refractivity contribution in [3.8, 4) is 5.75 Å². The summed E-state index contributed by atoms with van der Waals surface area (Å²) < 4.78 is 5.01. The number of anilines is 1. The Bertz CT molecular complexity index is 559. The fourth-order valence-corrected chi connectivity index (χ4v) is 3.36. The van der Waals surface area contributed by atoms with Gasteiger partial charge in [-0.15, -0.1) is 0 Å². The van der Waals surface area contributed by atoms with Gasteiger partial charge < -0.3 is 15.2 Å². The van der Waals surface area contributed by atoms with Crippen molar-refractivity contribution < 1.29 is 19.4 Å². The van der Waals surface area contributed by atoms with E-state index in [1.807, 2.05) is 0 Å². The van der Waals surface area contributed by atoms with Gasteiger partial charge in [-0.05, 0) is 42.9 Å². The Morgan fingerprint density at radius 3 is 2.60 bits per heavy atom. The van der Waals surface area contributed by atoms with Crippen molar-refractivity contribution in [2.24, 2.45) is 17.8 Å². The van der Waals surface area contributed by atoms with Crippen molar-refractivity contribution in [2.75, 3.05) is 12.4 Å². The van der Waals surface area contributed by atoms with Crippen LogP contribution in [0.2, 0.25) is 0 Å². The number of carboxylic acids is 1. The quantitative estimate of drug-likeness (QED) is 0.884. The van der Waals surface area contributed by atoms with E-state index in [1.54, 1.807) is 12.1 Å². The van der Waals surface area contributed by atoms with Crippen molar-refractivity contribution in [2.45, 2.75) is 19.3 Å². The van der Waals surface area contributed by atoms with Crippen LogP contribution in [0.4, 0.5) is 5.69 Å². The Hall–Kier alpha value is -2.04. The second kappa shape index (κ2) is 4.81. The van der Waals surface area contributed by atoms with Crippen molar-refractivity contribution in [3.05, 3.63) is 23.8 Å². The van der Waals surface area contributed by atoms with Crippen molar-refractivity contribution in [1.29, 1.82) is 0 Å². The summed E-state index contributed by atoms with van der Waals surface area (Å²) in [7, 11) is 1.48. The first-order valence-corrected chi connectivity index (χ1v) is 6.84. The van der Waals surface area contributed by atoms with Gasteiger partial charge in [-0.2, -0.15) is 0 Å². The molecule has 0 spiro atoms. The summed E-state index contributed by atoms with van der Waals surface area (Å²) in [6.45, 7) is 0. The third-order valence-corrected chi connectivity index (χ3v) is 4.42. The molecule has 2 fully saturated rings. The minimum absolute atomic E-state index is 0.0487. The van der Waals surface area contributed by atoms with E-state index in [0.29, 0.717) is 23.3 Å². The minimum Gasteiger partial charge on any atom is -0.497 e. The van der Waals surface area contributed by atoms with Gasteiger partial charge in [0.25, 0.3) is 0 Å². The largest absolute Gasteiger partial charge is 0.497 e. The molecular weight excluding hydrogens is 258 g/mol. The molecule has 0 heterocycles. The van der Waals surface area contributed by atoms with E-state index in [2.05, 4.69) is 5.32 Å². The minimum atomic E-state index is -1.07. The van der Waals surface area contributed by atoms with Gasteiger partial charge in [0.15, 0.2) is 0 Å². The Morgan fingerprint density at radius 2 is 2.00 bits per heavy atom. The highest BCUT2D eigenvalue weighted by molar-refractivity contribution is 6.02. The predicted octanol–water partition coefficient (Wildman–Crippen LogP) is 2.38. The number of fused-ring (bicyclic) bond motifs is 1. The first kappa shape index (κ1) is 13.0. The fraction of sp³-hybridized carbons (Fsp3) is 0.467. The molecule has 1 aromatic carbocycles. The monoisotopic (exact) mass is 275 g/mol. The van der Waals surface area contributed by atoms with E-state index >= 15 is 0 Å². The van der Waals surface area contributed by atoms with Crippen LogP contribution in [-0.2, 0) is 4.79 Å². The number of aromatic carboxylic acids is 1. The number of nitrogens with one attached hydrogen (secondary N) is 1. The molecule has 5 heteroatoms. The van der Waals surface area contributed by atoms with Crippen LogP contribution in [0.5, 0.6) is 5.75 Å². The standard InChI is InChI=1S/C15H17NO4/c1-20-8-5-6-12(11(7-8)15(18)19)16-14(17)13-9-3-2-4-10(9)13/h5-7,9-10,13H,2-4H2,1H3,(H,16,17)(H,18,19). The van der Waals surface area contributed by atoms with E-state index in [1.165, 1.54) is 19.6 Å². The molecule has 2 N–H and O–H groups in total. The molecule has 0 aliphatic heterocycles. The molecule has 106 valence electrons. The van der Waals surface area contributed by atoms with E-state index in [-0.39, 0.29) is 17.4 Å². The molecule has 0 saturated heterocycles. The third-order valence-electron chi connectivity index (χ3n) is 4.42. The molecule has 0 radical (unpaired) electrons.